The molecule has 1 amide bonds. The third-order valence-electron chi connectivity index (χ3n) is 9.86. The van der Waals surface area contributed by atoms with Crippen LogP contribution in [0.15, 0.2) is 12.2 Å². The van der Waals surface area contributed by atoms with Gasteiger partial charge in [-0.25, -0.2) is 0 Å². The molecule has 0 saturated carbocycles. The number of rotatable bonds is 33. The van der Waals surface area contributed by atoms with Crippen LogP contribution in [0.25, 0.3) is 0 Å². The molecule has 1 aliphatic heterocycles. The topological polar surface area (TPSA) is 149 Å². The molecule has 49 heavy (non-hydrogen) atoms. The number of nitrogens with one attached hydrogen (secondary N) is 1. The highest BCUT2D eigenvalue weighted by Crippen LogP contribution is 2.22. The summed E-state index contributed by atoms with van der Waals surface area (Å²) in [6.07, 6.45) is 26.7. The van der Waals surface area contributed by atoms with Crippen molar-refractivity contribution in [2.45, 2.75) is 224 Å². The molecular weight excluding hydrogens is 622 g/mol. The second-order valence-electron chi connectivity index (χ2n) is 14.4. The Kier molecular flexibility index (Phi) is 29.7. The van der Waals surface area contributed by atoms with Gasteiger partial charge in [-0.1, -0.05) is 167 Å². The first kappa shape index (κ1) is 46.0. The second kappa shape index (κ2) is 31.6. The Balaban J connectivity index is 2.43. The Morgan fingerprint density at radius 1 is 0.673 bits per heavy atom. The molecule has 1 fully saturated rings. The first-order valence-corrected chi connectivity index (χ1v) is 20.4. The molecular formula is C40H77NO8. The minimum atomic E-state index is -1.56. The second-order valence-corrected chi connectivity index (χ2v) is 14.4. The monoisotopic (exact) mass is 700 g/mol. The predicted molar refractivity (Wildman–Crippen MR) is 198 cm³/mol. The van der Waals surface area contributed by atoms with E-state index >= 15 is 0 Å². The van der Waals surface area contributed by atoms with Crippen LogP contribution in [0.2, 0.25) is 0 Å². The first-order chi connectivity index (χ1) is 23.8. The average molecular weight is 700 g/mol. The van der Waals surface area contributed by atoms with E-state index in [1.54, 1.807) is 6.08 Å². The number of hydrogen-bond acceptors (Lipinski definition) is 8. The normalized spacial score (nSPS) is 22.5. The predicted octanol–water partition coefficient (Wildman–Crippen LogP) is 7.39. The Bertz CT molecular complexity index is 781. The van der Waals surface area contributed by atoms with Gasteiger partial charge in [-0.05, 0) is 19.3 Å². The fourth-order valence-electron chi connectivity index (χ4n) is 6.51. The van der Waals surface area contributed by atoms with E-state index in [2.05, 4.69) is 19.2 Å². The molecule has 1 heterocycles. The molecule has 0 aromatic rings. The van der Waals surface area contributed by atoms with E-state index in [0.717, 1.165) is 38.5 Å². The summed E-state index contributed by atoms with van der Waals surface area (Å²) in [7, 11) is 0. The lowest BCUT2D eigenvalue weighted by atomic mass is 9.99. The molecule has 9 heteroatoms. The number of carbonyl (C=O) groups is 1. The van der Waals surface area contributed by atoms with Gasteiger partial charge < -0.3 is 40.3 Å². The first-order valence-electron chi connectivity index (χ1n) is 20.4. The van der Waals surface area contributed by atoms with Gasteiger partial charge >= 0.3 is 0 Å². The van der Waals surface area contributed by atoms with Crippen LogP contribution in [0.5, 0.6) is 0 Å². The van der Waals surface area contributed by atoms with Crippen LogP contribution < -0.4 is 5.32 Å². The summed E-state index contributed by atoms with van der Waals surface area (Å²) in [5, 5.41) is 53.9. The summed E-state index contributed by atoms with van der Waals surface area (Å²) < 4.78 is 11.2. The van der Waals surface area contributed by atoms with Crippen LogP contribution in [0.1, 0.15) is 181 Å². The van der Waals surface area contributed by atoms with Crippen molar-refractivity contribution in [1.82, 2.24) is 5.32 Å². The molecule has 1 saturated heterocycles. The lowest BCUT2D eigenvalue weighted by molar-refractivity contribution is -0.302. The minimum absolute atomic E-state index is 0.178. The van der Waals surface area contributed by atoms with Gasteiger partial charge in [0.05, 0.1) is 25.4 Å². The number of carbonyl (C=O) groups excluding carboxylic acids is 1. The largest absolute Gasteiger partial charge is 0.394 e. The molecule has 0 spiro atoms. The molecule has 0 bridgehead atoms. The van der Waals surface area contributed by atoms with Crippen molar-refractivity contribution in [1.29, 1.82) is 0 Å². The Morgan fingerprint density at radius 2 is 1.12 bits per heavy atom. The maximum absolute atomic E-state index is 12.9. The highest BCUT2D eigenvalue weighted by atomic mass is 16.7. The summed E-state index contributed by atoms with van der Waals surface area (Å²) >= 11 is 0. The molecule has 9 nitrogen and oxygen atoms in total. The summed E-state index contributed by atoms with van der Waals surface area (Å²) in [5.41, 5.74) is 0. The maximum atomic E-state index is 12.9. The van der Waals surface area contributed by atoms with Crippen LogP contribution >= 0.6 is 0 Å². The van der Waals surface area contributed by atoms with Gasteiger partial charge in [-0.15, -0.1) is 0 Å². The van der Waals surface area contributed by atoms with E-state index in [9.17, 15) is 30.3 Å². The third kappa shape index (κ3) is 23.2. The molecule has 0 radical (unpaired) electrons. The van der Waals surface area contributed by atoms with Crippen molar-refractivity contribution >= 4 is 5.91 Å². The van der Waals surface area contributed by atoms with Gasteiger partial charge in [0.15, 0.2) is 6.29 Å². The fraction of sp³-hybridized carbons (Fsp3) is 0.925. The fourth-order valence-corrected chi connectivity index (χ4v) is 6.51. The van der Waals surface area contributed by atoms with E-state index in [1.165, 1.54) is 122 Å². The smallest absolute Gasteiger partial charge is 0.220 e. The lowest BCUT2D eigenvalue weighted by Gasteiger charge is -2.40. The number of ether oxygens (including phenoxy) is 2. The molecule has 0 aromatic carbocycles. The van der Waals surface area contributed by atoms with Gasteiger partial charge in [0.25, 0.3) is 0 Å². The molecule has 0 aromatic heterocycles. The zero-order chi connectivity index (χ0) is 36.0. The number of aliphatic hydroxyl groups is 5. The van der Waals surface area contributed by atoms with E-state index in [0.29, 0.717) is 6.42 Å². The van der Waals surface area contributed by atoms with Gasteiger partial charge in [-0.2, -0.15) is 0 Å². The summed E-state index contributed by atoms with van der Waals surface area (Å²) in [5.74, 6) is -0.178. The van der Waals surface area contributed by atoms with Crippen molar-refractivity contribution in [3.63, 3.8) is 0 Å². The van der Waals surface area contributed by atoms with E-state index in [1.807, 2.05) is 6.08 Å². The lowest BCUT2D eigenvalue weighted by Crippen LogP contribution is -2.60. The highest BCUT2D eigenvalue weighted by molar-refractivity contribution is 5.76. The van der Waals surface area contributed by atoms with Crippen molar-refractivity contribution < 1.29 is 39.8 Å². The molecule has 0 aliphatic carbocycles. The Labute approximate surface area is 299 Å². The quantitative estimate of drug-likeness (QED) is 0.0307. The van der Waals surface area contributed by atoms with Crippen LogP contribution in [-0.2, 0) is 14.3 Å². The zero-order valence-corrected chi connectivity index (χ0v) is 31.5. The van der Waals surface area contributed by atoms with Gasteiger partial charge in [0, 0.05) is 6.42 Å². The summed E-state index contributed by atoms with van der Waals surface area (Å²) in [4.78, 5) is 12.9. The van der Waals surface area contributed by atoms with Gasteiger partial charge in [0.1, 0.15) is 24.4 Å². The Morgan fingerprint density at radius 3 is 1.59 bits per heavy atom. The van der Waals surface area contributed by atoms with Gasteiger partial charge in [-0.3, -0.25) is 4.79 Å². The molecule has 1 rings (SSSR count). The SMILES string of the molecule is CCCCCCCCCCCCC/C=C/C(O)C(CO[C@@H]1O[C@H](CO)[C@H](O)[C@H](O)[C@H]1O)NC(=O)CCCCCCCCCCCCCCC. The van der Waals surface area contributed by atoms with Crippen molar-refractivity contribution in [3.8, 4) is 0 Å². The molecule has 7 atom stereocenters. The van der Waals surface area contributed by atoms with Crippen molar-refractivity contribution in [2.24, 2.45) is 0 Å². The average Bonchev–Trinajstić information content (AvgIpc) is 3.10. The summed E-state index contributed by atoms with van der Waals surface area (Å²) in [6.45, 7) is 3.75. The van der Waals surface area contributed by atoms with Crippen LogP contribution in [0, 0.1) is 0 Å². The van der Waals surface area contributed by atoms with Crippen LogP contribution in [-0.4, -0.2) is 87.5 Å². The number of unbranched alkanes of at least 4 members (excludes halogenated alkanes) is 23. The van der Waals surface area contributed by atoms with E-state index in [-0.39, 0.29) is 12.5 Å². The number of allylic oxidation sites excluding steroid dienone is 1. The zero-order valence-electron chi connectivity index (χ0n) is 31.5. The highest BCUT2D eigenvalue weighted by Gasteiger charge is 2.44. The number of aliphatic hydroxyl groups excluding tert-OH is 5. The minimum Gasteiger partial charge on any atom is -0.394 e. The van der Waals surface area contributed by atoms with Crippen LogP contribution in [0.3, 0.4) is 0 Å². The maximum Gasteiger partial charge on any atom is 0.220 e. The number of amides is 1. The Hall–Kier alpha value is -1.07. The third-order valence-corrected chi connectivity index (χ3v) is 9.86. The standard InChI is InChI=1S/C40H77NO8/c1-3-5-7-9-11-13-15-17-19-21-23-25-27-29-34(43)33(32-48-40-39(47)38(46)37(45)35(31-42)49-40)41-36(44)30-28-26-24-22-20-18-16-14-12-10-8-6-4-2/h27,29,33-35,37-40,42-43,45-47H,3-26,28,30-32H2,1-2H3,(H,41,44)/b29-27+/t33?,34?,35-,37+,38+,39-,40-/m1/s1. The van der Waals surface area contributed by atoms with Crippen molar-refractivity contribution in [3.05, 3.63) is 12.2 Å². The van der Waals surface area contributed by atoms with E-state index < -0.39 is 49.5 Å². The summed E-state index contributed by atoms with van der Waals surface area (Å²) in [6, 6.07) is -0.796. The molecule has 1 aliphatic rings. The number of hydrogen-bond donors (Lipinski definition) is 6. The van der Waals surface area contributed by atoms with Crippen molar-refractivity contribution in [2.75, 3.05) is 13.2 Å². The van der Waals surface area contributed by atoms with Crippen LogP contribution in [0.4, 0.5) is 0 Å². The molecule has 2 unspecified atom stereocenters. The molecule has 290 valence electrons. The van der Waals surface area contributed by atoms with Gasteiger partial charge in [0.2, 0.25) is 5.91 Å². The molecule has 6 N–H and O–H groups in total. The van der Waals surface area contributed by atoms with E-state index in [4.69, 9.17) is 9.47 Å².